The van der Waals surface area contributed by atoms with Crippen LogP contribution in [0.1, 0.15) is 24.2 Å². The van der Waals surface area contributed by atoms with E-state index in [1.165, 1.54) is 17.4 Å². The minimum absolute atomic E-state index is 0.0192. The van der Waals surface area contributed by atoms with Crippen LogP contribution in [0.25, 0.3) is 16.6 Å². The number of nitrogens with one attached hydrogen (secondary N) is 1. The summed E-state index contributed by atoms with van der Waals surface area (Å²) in [5.41, 5.74) is 2.50. The minimum Gasteiger partial charge on any atom is -0.345 e. The maximum absolute atomic E-state index is 12.4. The standard InChI is InChI=1S/C21H16ClN3OS/c1-14(15-5-3-2-4-6-15)24-20(26)17(12-23)11-19-13-27-21(25-19)16-7-9-18(22)10-8-16/h2-11,13-14H,1H3,(H,24,26)/b17-11+/t14-/m0/s1. The summed E-state index contributed by atoms with van der Waals surface area (Å²) in [6, 6.07) is 18.7. The van der Waals surface area contributed by atoms with Gasteiger partial charge in [-0.1, -0.05) is 54.1 Å². The molecule has 0 saturated heterocycles. The van der Waals surface area contributed by atoms with E-state index < -0.39 is 5.91 Å². The Bertz CT molecular complexity index is 1000. The molecule has 6 heteroatoms. The molecule has 0 unspecified atom stereocenters. The molecular formula is C21H16ClN3OS. The van der Waals surface area contributed by atoms with Crippen LogP contribution >= 0.6 is 22.9 Å². The Morgan fingerprint density at radius 3 is 2.59 bits per heavy atom. The van der Waals surface area contributed by atoms with Crippen molar-refractivity contribution < 1.29 is 4.79 Å². The van der Waals surface area contributed by atoms with Crippen LogP contribution in [-0.2, 0) is 4.79 Å². The fourth-order valence-electron chi connectivity index (χ4n) is 2.47. The molecule has 0 fully saturated rings. The molecule has 1 heterocycles. The Kier molecular flexibility index (Phi) is 6.02. The molecule has 3 aromatic rings. The van der Waals surface area contributed by atoms with E-state index in [4.69, 9.17) is 11.6 Å². The van der Waals surface area contributed by atoms with Gasteiger partial charge in [-0.15, -0.1) is 11.3 Å². The Morgan fingerprint density at radius 1 is 1.22 bits per heavy atom. The smallest absolute Gasteiger partial charge is 0.262 e. The summed E-state index contributed by atoms with van der Waals surface area (Å²) in [7, 11) is 0. The van der Waals surface area contributed by atoms with Crippen LogP contribution in [0.2, 0.25) is 5.02 Å². The lowest BCUT2D eigenvalue weighted by molar-refractivity contribution is -0.117. The number of hydrogen-bond acceptors (Lipinski definition) is 4. The van der Waals surface area contributed by atoms with Gasteiger partial charge in [0.25, 0.3) is 5.91 Å². The van der Waals surface area contributed by atoms with E-state index >= 15 is 0 Å². The van der Waals surface area contributed by atoms with Crippen molar-refractivity contribution in [1.29, 1.82) is 5.26 Å². The second-order valence-electron chi connectivity index (χ2n) is 5.86. The molecule has 0 bridgehead atoms. The number of rotatable bonds is 5. The molecule has 0 radical (unpaired) electrons. The van der Waals surface area contributed by atoms with Crippen LogP contribution in [0.5, 0.6) is 0 Å². The molecule has 134 valence electrons. The topological polar surface area (TPSA) is 65.8 Å². The largest absolute Gasteiger partial charge is 0.345 e. The molecule has 0 aliphatic carbocycles. The third-order valence-corrected chi connectivity index (χ3v) is 5.08. The first-order chi connectivity index (χ1) is 13.1. The highest BCUT2D eigenvalue weighted by Gasteiger charge is 2.14. The van der Waals surface area contributed by atoms with Gasteiger partial charge >= 0.3 is 0 Å². The quantitative estimate of drug-likeness (QED) is 0.475. The number of thiazole rings is 1. The van der Waals surface area contributed by atoms with Crippen molar-refractivity contribution in [3.05, 3.63) is 81.8 Å². The van der Waals surface area contributed by atoms with E-state index in [-0.39, 0.29) is 11.6 Å². The summed E-state index contributed by atoms with van der Waals surface area (Å²) in [6.45, 7) is 1.88. The van der Waals surface area contributed by atoms with E-state index in [9.17, 15) is 10.1 Å². The second-order valence-corrected chi connectivity index (χ2v) is 7.15. The molecule has 0 spiro atoms. The molecule has 1 N–H and O–H groups in total. The van der Waals surface area contributed by atoms with Gasteiger partial charge < -0.3 is 5.32 Å². The molecule has 2 aromatic carbocycles. The van der Waals surface area contributed by atoms with Gasteiger partial charge in [-0.3, -0.25) is 4.79 Å². The summed E-state index contributed by atoms with van der Waals surface area (Å²) in [5, 5.41) is 15.5. The highest BCUT2D eigenvalue weighted by molar-refractivity contribution is 7.13. The summed E-state index contributed by atoms with van der Waals surface area (Å²) < 4.78 is 0. The molecule has 1 aromatic heterocycles. The SMILES string of the molecule is C[C@H](NC(=O)/C(C#N)=C/c1csc(-c2ccc(Cl)cc2)n1)c1ccccc1. The Morgan fingerprint density at radius 2 is 1.93 bits per heavy atom. The highest BCUT2D eigenvalue weighted by Crippen LogP contribution is 2.26. The Hall–Kier alpha value is -2.94. The number of nitrogens with zero attached hydrogens (tertiary/aromatic N) is 2. The zero-order valence-electron chi connectivity index (χ0n) is 14.5. The first-order valence-corrected chi connectivity index (χ1v) is 9.51. The molecule has 3 rings (SSSR count). The molecular weight excluding hydrogens is 378 g/mol. The third-order valence-electron chi connectivity index (χ3n) is 3.92. The maximum atomic E-state index is 12.4. The van der Waals surface area contributed by atoms with Gasteiger partial charge in [0.15, 0.2) is 0 Å². The van der Waals surface area contributed by atoms with E-state index in [1.54, 1.807) is 12.1 Å². The van der Waals surface area contributed by atoms with Crippen LogP contribution in [0, 0.1) is 11.3 Å². The van der Waals surface area contributed by atoms with E-state index in [1.807, 2.05) is 60.8 Å². The van der Waals surface area contributed by atoms with Crippen molar-refractivity contribution >= 4 is 34.9 Å². The fourth-order valence-corrected chi connectivity index (χ4v) is 3.38. The number of amides is 1. The predicted molar refractivity (Wildman–Crippen MR) is 109 cm³/mol. The van der Waals surface area contributed by atoms with Gasteiger partial charge in [-0.05, 0) is 30.7 Å². The average molecular weight is 394 g/mol. The minimum atomic E-state index is -0.421. The third kappa shape index (κ3) is 4.82. The lowest BCUT2D eigenvalue weighted by Gasteiger charge is -2.13. The lowest BCUT2D eigenvalue weighted by atomic mass is 10.1. The average Bonchev–Trinajstić information content (AvgIpc) is 3.16. The molecule has 0 saturated carbocycles. The maximum Gasteiger partial charge on any atom is 0.262 e. The van der Waals surface area contributed by atoms with Crippen molar-refractivity contribution in [2.24, 2.45) is 0 Å². The normalized spacial score (nSPS) is 12.3. The Labute approximate surface area is 166 Å². The highest BCUT2D eigenvalue weighted by atomic mass is 35.5. The van der Waals surface area contributed by atoms with Gasteiger partial charge in [0.1, 0.15) is 16.6 Å². The predicted octanol–water partition coefficient (Wildman–Crippen LogP) is 5.25. The second kappa shape index (κ2) is 8.63. The van der Waals surface area contributed by atoms with E-state index in [0.29, 0.717) is 10.7 Å². The number of halogens is 1. The van der Waals surface area contributed by atoms with Crippen molar-refractivity contribution in [3.63, 3.8) is 0 Å². The zero-order valence-corrected chi connectivity index (χ0v) is 16.1. The van der Waals surface area contributed by atoms with Crippen LogP contribution in [0.4, 0.5) is 0 Å². The molecule has 1 amide bonds. The van der Waals surface area contributed by atoms with Crippen molar-refractivity contribution in [1.82, 2.24) is 10.3 Å². The van der Waals surface area contributed by atoms with Crippen LogP contribution in [0.15, 0.2) is 65.6 Å². The molecule has 4 nitrogen and oxygen atoms in total. The molecule has 27 heavy (non-hydrogen) atoms. The van der Waals surface area contributed by atoms with Crippen LogP contribution in [-0.4, -0.2) is 10.9 Å². The number of carbonyl (C=O) groups is 1. The molecule has 0 aliphatic rings. The number of aromatic nitrogens is 1. The molecule has 1 atom stereocenters. The van der Waals surface area contributed by atoms with Crippen LogP contribution < -0.4 is 5.32 Å². The number of hydrogen-bond donors (Lipinski definition) is 1. The monoisotopic (exact) mass is 393 g/mol. The molecule has 0 aliphatic heterocycles. The summed E-state index contributed by atoms with van der Waals surface area (Å²) in [6.07, 6.45) is 1.50. The van der Waals surface area contributed by atoms with E-state index in [0.717, 1.165) is 16.1 Å². The number of carbonyl (C=O) groups excluding carboxylic acids is 1. The van der Waals surface area contributed by atoms with Crippen molar-refractivity contribution in [3.8, 4) is 16.6 Å². The lowest BCUT2D eigenvalue weighted by Crippen LogP contribution is -2.27. The van der Waals surface area contributed by atoms with Gasteiger partial charge in [-0.25, -0.2) is 4.98 Å². The number of nitriles is 1. The van der Waals surface area contributed by atoms with Gasteiger partial charge in [0.05, 0.1) is 11.7 Å². The first-order valence-electron chi connectivity index (χ1n) is 8.26. The fraction of sp³-hybridized carbons (Fsp3) is 0.0952. The summed E-state index contributed by atoms with van der Waals surface area (Å²) >= 11 is 7.35. The van der Waals surface area contributed by atoms with Gasteiger partial charge in [0.2, 0.25) is 0 Å². The van der Waals surface area contributed by atoms with Gasteiger partial charge in [0, 0.05) is 16.0 Å². The van der Waals surface area contributed by atoms with Crippen molar-refractivity contribution in [2.45, 2.75) is 13.0 Å². The first kappa shape index (κ1) is 18.8. The summed E-state index contributed by atoms with van der Waals surface area (Å²) in [4.78, 5) is 16.9. The summed E-state index contributed by atoms with van der Waals surface area (Å²) in [5.74, 6) is -0.421. The van der Waals surface area contributed by atoms with E-state index in [2.05, 4.69) is 10.3 Å². The van der Waals surface area contributed by atoms with Gasteiger partial charge in [-0.2, -0.15) is 5.26 Å². The van der Waals surface area contributed by atoms with Crippen LogP contribution in [0.3, 0.4) is 0 Å². The van der Waals surface area contributed by atoms with Crippen molar-refractivity contribution in [2.75, 3.05) is 0 Å². The Balaban J connectivity index is 1.75. The number of benzene rings is 2. The zero-order chi connectivity index (χ0) is 19.2.